The summed E-state index contributed by atoms with van der Waals surface area (Å²) in [7, 11) is 0. The molecule has 0 saturated carbocycles. The van der Waals surface area contributed by atoms with Crippen molar-refractivity contribution in [1.29, 1.82) is 0 Å². The van der Waals surface area contributed by atoms with E-state index in [4.69, 9.17) is 9.47 Å². The Bertz CT molecular complexity index is 1200. The van der Waals surface area contributed by atoms with Gasteiger partial charge < -0.3 is 19.7 Å². The summed E-state index contributed by atoms with van der Waals surface area (Å²) >= 11 is 0. The lowest BCUT2D eigenvalue weighted by Crippen LogP contribution is -2.33. The second kappa shape index (κ2) is 5.54. The van der Waals surface area contributed by atoms with E-state index in [9.17, 15) is 28.6 Å². The normalized spacial score (nSPS) is 15.2. The standard InChI is InChI=1S/C21H10F2O6/c22-18-9(8-24)5-14-17(19(18)23)20(27)29-21(14)12-3-1-10(25)6-15(12)28-16-7-11(26)2-4-13(16)21/h1-8,25-26H. The van der Waals surface area contributed by atoms with Crippen molar-refractivity contribution in [3.05, 3.63) is 81.9 Å². The van der Waals surface area contributed by atoms with Gasteiger partial charge in [0.2, 0.25) is 0 Å². The van der Waals surface area contributed by atoms with Gasteiger partial charge in [-0.05, 0) is 30.3 Å². The van der Waals surface area contributed by atoms with Gasteiger partial charge >= 0.3 is 5.97 Å². The van der Waals surface area contributed by atoms with E-state index < -0.39 is 34.3 Å². The van der Waals surface area contributed by atoms with Gasteiger partial charge in [0.1, 0.15) is 28.6 Å². The molecule has 29 heavy (non-hydrogen) atoms. The number of rotatable bonds is 1. The first-order valence-corrected chi connectivity index (χ1v) is 8.42. The van der Waals surface area contributed by atoms with E-state index in [0.717, 1.165) is 6.07 Å². The molecule has 1 spiro atoms. The molecule has 2 aliphatic heterocycles. The van der Waals surface area contributed by atoms with Gasteiger partial charge in [0.05, 0.1) is 5.56 Å². The Morgan fingerprint density at radius 1 is 0.862 bits per heavy atom. The van der Waals surface area contributed by atoms with Crippen molar-refractivity contribution in [3.63, 3.8) is 0 Å². The largest absolute Gasteiger partial charge is 0.508 e. The second-order valence-electron chi connectivity index (χ2n) is 6.67. The molecule has 8 heteroatoms. The molecule has 0 fully saturated rings. The molecule has 0 radical (unpaired) electrons. The molecule has 0 amide bonds. The predicted octanol–water partition coefficient (Wildman–Crippen LogP) is 3.76. The van der Waals surface area contributed by atoms with E-state index in [1.807, 2.05) is 0 Å². The maximum Gasteiger partial charge on any atom is 0.343 e. The zero-order chi connectivity index (χ0) is 20.5. The molecule has 5 rings (SSSR count). The Kier molecular flexibility index (Phi) is 3.28. The third-order valence-corrected chi connectivity index (χ3v) is 5.10. The molecule has 0 bridgehead atoms. The monoisotopic (exact) mass is 396 g/mol. The fourth-order valence-electron chi connectivity index (χ4n) is 3.89. The average Bonchev–Trinajstić information content (AvgIpc) is 2.97. The minimum absolute atomic E-state index is 0.0781. The maximum absolute atomic E-state index is 14.7. The van der Waals surface area contributed by atoms with Crippen molar-refractivity contribution < 1.29 is 38.1 Å². The van der Waals surface area contributed by atoms with E-state index in [1.54, 1.807) is 0 Å². The van der Waals surface area contributed by atoms with Crippen LogP contribution in [0.3, 0.4) is 0 Å². The van der Waals surface area contributed by atoms with Crippen LogP contribution < -0.4 is 4.74 Å². The van der Waals surface area contributed by atoms with E-state index in [0.29, 0.717) is 0 Å². The average molecular weight is 396 g/mol. The Morgan fingerprint density at radius 3 is 2.00 bits per heavy atom. The fraction of sp³-hybridized carbons (Fsp3) is 0.0476. The van der Waals surface area contributed by atoms with Crippen LogP contribution in [0.2, 0.25) is 0 Å². The second-order valence-corrected chi connectivity index (χ2v) is 6.67. The van der Waals surface area contributed by atoms with Gasteiger partial charge in [-0.3, -0.25) is 4.79 Å². The minimum Gasteiger partial charge on any atom is -0.508 e. The van der Waals surface area contributed by atoms with Crippen molar-refractivity contribution in [3.8, 4) is 23.0 Å². The summed E-state index contributed by atoms with van der Waals surface area (Å²) in [5.41, 5.74) is -2.57. The van der Waals surface area contributed by atoms with Gasteiger partial charge in [-0.2, -0.15) is 0 Å². The van der Waals surface area contributed by atoms with Crippen molar-refractivity contribution >= 4 is 12.3 Å². The number of hydrogen-bond acceptors (Lipinski definition) is 6. The zero-order valence-electron chi connectivity index (χ0n) is 14.4. The van der Waals surface area contributed by atoms with Gasteiger partial charge in [-0.15, -0.1) is 0 Å². The summed E-state index contributed by atoms with van der Waals surface area (Å²) in [5, 5.41) is 19.7. The van der Waals surface area contributed by atoms with Crippen LogP contribution in [-0.2, 0) is 10.3 Å². The molecule has 0 unspecified atom stereocenters. The summed E-state index contributed by atoms with van der Waals surface area (Å²) < 4.78 is 40.2. The molecular formula is C21H10F2O6. The number of benzene rings is 3. The number of hydrogen-bond donors (Lipinski definition) is 2. The number of fused-ring (bicyclic) bond motifs is 6. The Balaban J connectivity index is 1.94. The summed E-state index contributed by atoms with van der Waals surface area (Å²) in [5.74, 6) is -4.18. The number of aldehydes is 1. The summed E-state index contributed by atoms with van der Waals surface area (Å²) in [6.45, 7) is 0. The van der Waals surface area contributed by atoms with Crippen LogP contribution in [-0.4, -0.2) is 22.5 Å². The van der Waals surface area contributed by atoms with E-state index in [-0.39, 0.29) is 46.0 Å². The van der Waals surface area contributed by atoms with Crippen LogP contribution in [0.1, 0.15) is 37.4 Å². The van der Waals surface area contributed by atoms with Gasteiger partial charge in [0.25, 0.3) is 0 Å². The van der Waals surface area contributed by atoms with Crippen molar-refractivity contribution in [2.24, 2.45) is 0 Å². The predicted molar refractivity (Wildman–Crippen MR) is 93.3 cm³/mol. The van der Waals surface area contributed by atoms with Crippen LogP contribution in [0, 0.1) is 11.6 Å². The number of carbonyl (C=O) groups is 2. The summed E-state index contributed by atoms with van der Waals surface area (Å²) in [6.07, 6.45) is 0.143. The van der Waals surface area contributed by atoms with Crippen LogP contribution in [0.25, 0.3) is 0 Å². The zero-order valence-corrected chi connectivity index (χ0v) is 14.4. The SMILES string of the molecule is O=Cc1cc2c(c(F)c1F)C(=O)OC21c2ccc(O)cc2Oc2cc(O)ccc21. The highest BCUT2D eigenvalue weighted by Gasteiger charge is 2.55. The van der Waals surface area contributed by atoms with E-state index in [2.05, 4.69) is 0 Å². The Morgan fingerprint density at radius 2 is 1.45 bits per heavy atom. The molecule has 2 N–H and O–H groups in total. The highest BCUT2D eigenvalue weighted by Crippen LogP contribution is 2.57. The topological polar surface area (TPSA) is 93.1 Å². The first-order chi connectivity index (χ1) is 13.9. The van der Waals surface area contributed by atoms with Crippen molar-refractivity contribution in [1.82, 2.24) is 0 Å². The lowest BCUT2D eigenvalue weighted by molar-refractivity contribution is 0.0222. The first-order valence-electron chi connectivity index (χ1n) is 8.42. The molecule has 3 aromatic rings. The number of aromatic hydroxyl groups is 2. The minimum atomic E-state index is -1.76. The van der Waals surface area contributed by atoms with Crippen LogP contribution in [0.4, 0.5) is 8.78 Å². The maximum atomic E-state index is 14.7. The number of carbonyl (C=O) groups excluding carboxylic acids is 2. The third kappa shape index (κ3) is 2.08. The van der Waals surface area contributed by atoms with Gasteiger partial charge in [-0.25, -0.2) is 13.6 Å². The summed E-state index contributed by atoms with van der Waals surface area (Å²) in [4.78, 5) is 23.9. The number of esters is 1. The Hall–Kier alpha value is -3.94. The van der Waals surface area contributed by atoms with E-state index in [1.165, 1.54) is 36.4 Å². The Labute approximate surface area is 161 Å². The number of ether oxygens (including phenoxy) is 2. The first kappa shape index (κ1) is 17.2. The molecular weight excluding hydrogens is 386 g/mol. The van der Waals surface area contributed by atoms with Crippen LogP contribution in [0.5, 0.6) is 23.0 Å². The lowest BCUT2D eigenvalue weighted by atomic mass is 9.77. The highest BCUT2D eigenvalue weighted by atomic mass is 19.2. The molecule has 2 aliphatic rings. The molecule has 0 aromatic heterocycles. The number of halogens is 2. The van der Waals surface area contributed by atoms with Gasteiger partial charge in [0.15, 0.2) is 23.5 Å². The summed E-state index contributed by atoms with van der Waals surface area (Å²) in [6, 6.07) is 9.07. The van der Waals surface area contributed by atoms with Crippen LogP contribution in [0.15, 0.2) is 42.5 Å². The molecule has 0 atom stereocenters. The van der Waals surface area contributed by atoms with Gasteiger partial charge in [-0.1, -0.05) is 0 Å². The molecule has 144 valence electrons. The van der Waals surface area contributed by atoms with E-state index >= 15 is 0 Å². The molecule has 3 aromatic carbocycles. The smallest absolute Gasteiger partial charge is 0.343 e. The fourth-order valence-corrected chi connectivity index (χ4v) is 3.89. The molecule has 0 saturated heterocycles. The highest BCUT2D eigenvalue weighted by molar-refractivity contribution is 5.98. The van der Waals surface area contributed by atoms with Crippen LogP contribution >= 0.6 is 0 Å². The van der Waals surface area contributed by atoms with Crippen molar-refractivity contribution in [2.75, 3.05) is 0 Å². The lowest BCUT2D eigenvalue weighted by Gasteiger charge is -2.36. The number of phenols is 2. The number of phenolic OH excluding ortho intramolecular Hbond substituents is 2. The van der Waals surface area contributed by atoms with Gasteiger partial charge in [0, 0.05) is 28.8 Å². The molecule has 0 aliphatic carbocycles. The third-order valence-electron chi connectivity index (χ3n) is 5.10. The quantitative estimate of drug-likeness (QED) is 0.481. The van der Waals surface area contributed by atoms with Crippen molar-refractivity contribution in [2.45, 2.75) is 5.60 Å². The molecule has 6 nitrogen and oxygen atoms in total. The molecule has 2 heterocycles.